The molecule has 10 nitrogen and oxygen atoms in total. The molecule has 2 atom stereocenters. The molecule has 0 radical (unpaired) electrons. The maximum Gasteiger partial charge on any atom is 0.410 e. The van der Waals surface area contributed by atoms with E-state index in [1.807, 2.05) is 34.6 Å². The summed E-state index contributed by atoms with van der Waals surface area (Å²) in [4.78, 5) is 26.7. The van der Waals surface area contributed by atoms with Gasteiger partial charge in [0.05, 0.1) is 17.5 Å². The summed E-state index contributed by atoms with van der Waals surface area (Å²) < 4.78 is 39.8. The normalized spacial score (nSPS) is 20.0. The van der Waals surface area contributed by atoms with Gasteiger partial charge in [-0.1, -0.05) is 17.7 Å². The molecule has 4 rings (SSSR count). The van der Waals surface area contributed by atoms with Gasteiger partial charge in [0.2, 0.25) is 0 Å². The largest absolute Gasteiger partial charge is 0.444 e. The molecule has 230 valence electrons. The Morgan fingerprint density at radius 3 is 1.68 bits per heavy atom. The molecule has 1 aromatic carbocycles. The summed E-state index contributed by atoms with van der Waals surface area (Å²) in [5.41, 5.74) is 0.0254. The van der Waals surface area contributed by atoms with Crippen LogP contribution in [0.1, 0.15) is 73.3 Å². The van der Waals surface area contributed by atoms with Crippen LogP contribution in [0.25, 0.3) is 0 Å². The summed E-state index contributed by atoms with van der Waals surface area (Å²) in [6.07, 6.45) is 2.56. The van der Waals surface area contributed by atoms with Crippen LogP contribution in [0.2, 0.25) is 0 Å². The van der Waals surface area contributed by atoms with E-state index in [9.17, 15) is 18.0 Å². The van der Waals surface area contributed by atoms with E-state index in [1.165, 1.54) is 36.5 Å². The molecule has 1 N–H and O–H groups in total. The average Bonchev–Trinajstić information content (AvgIpc) is 2.68. The fraction of sp³-hybridized carbons (Fsp3) is 0.714. The maximum absolute atomic E-state index is 12.1. The Labute approximate surface area is 246 Å². The summed E-state index contributed by atoms with van der Waals surface area (Å²) in [6.45, 7) is 18.8. The minimum Gasteiger partial charge on any atom is -0.444 e. The number of benzene rings is 1. The van der Waals surface area contributed by atoms with Crippen molar-refractivity contribution in [1.82, 2.24) is 15.1 Å². The quantitative estimate of drug-likeness (QED) is 0.470. The number of likely N-dealkylation sites (tertiary alicyclic amines) is 2. The number of aryl methyl sites for hydroxylation is 1. The van der Waals surface area contributed by atoms with Crippen molar-refractivity contribution < 1.29 is 31.7 Å². The van der Waals surface area contributed by atoms with Gasteiger partial charge in [0, 0.05) is 19.1 Å². The lowest BCUT2D eigenvalue weighted by molar-refractivity contribution is -0.0138. The van der Waals surface area contributed by atoms with Crippen LogP contribution >= 0.6 is 12.4 Å². The SMILES string of the molecule is C1CNC1.C[C@@H]1CCN1C(=O)OC(C)(C)C.Cc1ccc(S(=O)(=O)OC[C@@H]2CCN2C(=O)OC(C)(C)C)cc1.Cl. The molecule has 3 saturated heterocycles. The van der Waals surface area contributed by atoms with Gasteiger partial charge in [-0.15, -0.1) is 12.4 Å². The zero-order chi connectivity index (χ0) is 29.4. The number of rotatable bonds is 4. The highest BCUT2D eigenvalue weighted by Crippen LogP contribution is 2.23. The lowest BCUT2D eigenvalue weighted by Gasteiger charge is -2.40. The lowest BCUT2D eigenvalue weighted by Crippen LogP contribution is -2.54. The van der Waals surface area contributed by atoms with Gasteiger partial charge in [-0.2, -0.15) is 8.42 Å². The highest BCUT2D eigenvalue weighted by atomic mass is 35.5. The van der Waals surface area contributed by atoms with Crippen molar-refractivity contribution in [2.75, 3.05) is 32.8 Å². The third kappa shape index (κ3) is 12.2. The third-order valence-corrected chi connectivity index (χ3v) is 7.45. The van der Waals surface area contributed by atoms with Gasteiger partial charge in [-0.05, 0) is 99.9 Å². The second kappa shape index (κ2) is 15.2. The van der Waals surface area contributed by atoms with Crippen LogP contribution in [0.4, 0.5) is 9.59 Å². The molecule has 0 bridgehead atoms. The average molecular weight is 606 g/mol. The first kappa shape index (κ1) is 35.9. The highest BCUT2D eigenvalue weighted by molar-refractivity contribution is 7.86. The van der Waals surface area contributed by atoms with E-state index in [1.54, 1.807) is 37.8 Å². The molecule has 0 saturated carbocycles. The van der Waals surface area contributed by atoms with Crippen LogP contribution in [-0.2, 0) is 23.8 Å². The summed E-state index contributed by atoms with van der Waals surface area (Å²) in [5.74, 6) is 0. The number of halogens is 1. The molecule has 3 aliphatic heterocycles. The smallest absolute Gasteiger partial charge is 0.410 e. The molecule has 0 aliphatic carbocycles. The second-order valence-corrected chi connectivity index (χ2v) is 13.7. The van der Waals surface area contributed by atoms with Gasteiger partial charge >= 0.3 is 12.2 Å². The maximum atomic E-state index is 12.1. The predicted molar refractivity (Wildman–Crippen MR) is 157 cm³/mol. The zero-order valence-corrected chi connectivity index (χ0v) is 26.8. The van der Waals surface area contributed by atoms with Crippen molar-refractivity contribution in [3.8, 4) is 0 Å². The molecule has 12 heteroatoms. The summed E-state index contributed by atoms with van der Waals surface area (Å²) in [6, 6.07) is 6.54. The first-order valence-corrected chi connectivity index (χ1v) is 15.1. The van der Waals surface area contributed by atoms with E-state index < -0.39 is 21.8 Å². The van der Waals surface area contributed by atoms with E-state index in [-0.39, 0.29) is 41.6 Å². The standard InChI is InChI=1S/C16H23NO5S.C9H17NO2.C3H7N.ClH/c1-12-5-7-14(8-6-12)23(19,20)21-11-13-9-10-17(13)15(18)22-16(2,3)4;1-7-5-6-10(7)8(11)12-9(2,3)4;1-2-4-3-1;/h5-8,13H,9-11H2,1-4H3;7H,5-6H2,1-4H3;4H,1-3H2;1H/t13-;7-;;/m01../s1. The molecular formula is C28H48ClN3O7S. The molecule has 1 aromatic rings. The molecule has 0 unspecified atom stereocenters. The summed E-state index contributed by atoms with van der Waals surface area (Å²) in [7, 11) is -3.81. The van der Waals surface area contributed by atoms with Gasteiger partial charge in [0.1, 0.15) is 11.2 Å². The Bertz CT molecular complexity index is 1050. The Morgan fingerprint density at radius 2 is 1.35 bits per heavy atom. The van der Waals surface area contributed by atoms with Crippen molar-refractivity contribution >= 4 is 34.7 Å². The fourth-order valence-electron chi connectivity index (χ4n) is 3.40. The predicted octanol–water partition coefficient (Wildman–Crippen LogP) is 5.13. The van der Waals surface area contributed by atoms with E-state index in [0.717, 1.165) is 18.5 Å². The summed E-state index contributed by atoms with van der Waals surface area (Å²) >= 11 is 0. The van der Waals surface area contributed by atoms with E-state index in [2.05, 4.69) is 5.32 Å². The number of amides is 2. The van der Waals surface area contributed by atoms with Crippen molar-refractivity contribution in [3.63, 3.8) is 0 Å². The topological polar surface area (TPSA) is 114 Å². The monoisotopic (exact) mass is 605 g/mol. The molecular weight excluding hydrogens is 558 g/mol. The number of ether oxygens (including phenoxy) is 2. The van der Waals surface area contributed by atoms with Crippen LogP contribution < -0.4 is 5.32 Å². The third-order valence-electron chi connectivity index (χ3n) is 6.15. The fourth-order valence-corrected chi connectivity index (χ4v) is 4.34. The van der Waals surface area contributed by atoms with Crippen molar-refractivity contribution in [1.29, 1.82) is 0 Å². The van der Waals surface area contributed by atoms with E-state index in [0.29, 0.717) is 19.0 Å². The Hall–Kier alpha value is -2.08. The van der Waals surface area contributed by atoms with Gasteiger partial charge in [-0.3, -0.25) is 4.18 Å². The van der Waals surface area contributed by atoms with Crippen molar-refractivity contribution in [3.05, 3.63) is 29.8 Å². The molecule has 3 heterocycles. The number of nitrogens with one attached hydrogen (secondary N) is 1. The lowest BCUT2D eigenvalue weighted by atomic mass is 10.1. The number of nitrogens with zero attached hydrogens (tertiary/aromatic N) is 2. The Morgan fingerprint density at radius 1 is 0.900 bits per heavy atom. The highest BCUT2D eigenvalue weighted by Gasteiger charge is 2.36. The zero-order valence-electron chi connectivity index (χ0n) is 25.2. The first-order chi connectivity index (χ1) is 18.0. The second-order valence-electron chi connectivity index (χ2n) is 12.1. The van der Waals surface area contributed by atoms with Crippen LogP contribution in [-0.4, -0.2) is 86.5 Å². The summed E-state index contributed by atoms with van der Waals surface area (Å²) in [5, 5.41) is 3.11. The van der Waals surface area contributed by atoms with Crippen molar-refractivity contribution in [2.24, 2.45) is 0 Å². The van der Waals surface area contributed by atoms with Gasteiger partial charge in [0.25, 0.3) is 10.1 Å². The Balaban J connectivity index is 0.000000390. The number of carbonyl (C=O) groups is 2. The molecule has 40 heavy (non-hydrogen) atoms. The van der Waals surface area contributed by atoms with Crippen LogP contribution in [0, 0.1) is 6.92 Å². The van der Waals surface area contributed by atoms with Gasteiger partial charge in [-0.25, -0.2) is 9.59 Å². The van der Waals surface area contributed by atoms with Crippen LogP contribution in [0.5, 0.6) is 0 Å². The molecule has 3 aliphatic rings. The molecule has 0 aromatic heterocycles. The van der Waals surface area contributed by atoms with E-state index >= 15 is 0 Å². The Kier molecular flexibility index (Phi) is 13.7. The minimum absolute atomic E-state index is 0. The molecule has 2 amide bonds. The van der Waals surface area contributed by atoms with Crippen molar-refractivity contribution in [2.45, 2.75) is 103 Å². The van der Waals surface area contributed by atoms with Gasteiger partial charge in [0.15, 0.2) is 0 Å². The number of carbonyl (C=O) groups excluding carboxylic acids is 2. The van der Waals surface area contributed by atoms with Crippen LogP contribution in [0.3, 0.4) is 0 Å². The van der Waals surface area contributed by atoms with E-state index in [4.69, 9.17) is 13.7 Å². The minimum atomic E-state index is -3.81. The van der Waals surface area contributed by atoms with Crippen LogP contribution in [0.15, 0.2) is 29.2 Å². The molecule has 0 spiro atoms. The first-order valence-electron chi connectivity index (χ1n) is 13.6. The number of hydrogen-bond acceptors (Lipinski definition) is 8. The van der Waals surface area contributed by atoms with Gasteiger partial charge < -0.3 is 24.6 Å². The molecule has 3 fully saturated rings. The number of hydrogen-bond donors (Lipinski definition) is 1.